The van der Waals surface area contributed by atoms with Crippen LogP contribution in [0.15, 0.2) is 40.9 Å². The SMILES string of the molecule is COc1ccc(C)c2sc(N(CCN(C)C)C(=O)c3cccc(Br)c3)nc12.Cl. The number of benzene rings is 2. The summed E-state index contributed by atoms with van der Waals surface area (Å²) in [6.45, 7) is 3.34. The Morgan fingerprint density at radius 1 is 1.21 bits per heavy atom. The quantitative estimate of drug-likeness (QED) is 0.493. The average molecular weight is 485 g/mol. The highest BCUT2D eigenvalue weighted by Crippen LogP contribution is 2.36. The van der Waals surface area contributed by atoms with E-state index < -0.39 is 0 Å². The fourth-order valence-corrected chi connectivity index (χ4v) is 4.22. The molecule has 3 aromatic rings. The number of carbonyl (C=O) groups excluding carboxylic acids is 1. The molecule has 0 fully saturated rings. The van der Waals surface area contributed by atoms with Gasteiger partial charge in [-0.3, -0.25) is 9.69 Å². The summed E-state index contributed by atoms with van der Waals surface area (Å²) in [7, 11) is 5.63. The molecule has 0 unspecified atom stereocenters. The number of carbonyl (C=O) groups is 1. The lowest BCUT2D eigenvalue weighted by molar-refractivity contribution is 0.0985. The molecular formula is C20H23BrClN3O2S. The van der Waals surface area contributed by atoms with Gasteiger partial charge in [-0.05, 0) is 50.8 Å². The van der Waals surface area contributed by atoms with E-state index in [9.17, 15) is 4.79 Å². The van der Waals surface area contributed by atoms with Gasteiger partial charge >= 0.3 is 0 Å². The Morgan fingerprint density at radius 2 is 1.96 bits per heavy atom. The van der Waals surface area contributed by atoms with Crippen molar-refractivity contribution in [2.24, 2.45) is 0 Å². The highest BCUT2D eigenvalue weighted by atomic mass is 79.9. The average Bonchev–Trinajstić information content (AvgIpc) is 3.08. The van der Waals surface area contributed by atoms with Crippen LogP contribution in [0.3, 0.4) is 0 Å². The van der Waals surface area contributed by atoms with Crippen molar-refractivity contribution in [2.75, 3.05) is 39.2 Å². The summed E-state index contributed by atoms with van der Waals surface area (Å²) in [6, 6.07) is 11.4. The van der Waals surface area contributed by atoms with Crippen LogP contribution in [0.25, 0.3) is 10.2 Å². The first-order valence-corrected chi connectivity index (χ1v) is 10.2. The van der Waals surface area contributed by atoms with E-state index in [2.05, 4.69) is 20.8 Å². The molecule has 150 valence electrons. The van der Waals surface area contributed by atoms with E-state index in [1.165, 1.54) is 11.3 Å². The Hall–Kier alpha value is -1.67. The molecule has 0 aliphatic rings. The van der Waals surface area contributed by atoms with Crippen LogP contribution >= 0.6 is 39.7 Å². The first-order valence-electron chi connectivity index (χ1n) is 8.57. The van der Waals surface area contributed by atoms with E-state index in [-0.39, 0.29) is 18.3 Å². The van der Waals surface area contributed by atoms with Crippen molar-refractivity contribution < 1.29 is 9.53 Å². The number of anilines is 1. The van der Waals surface area contributed by atoms with Crippen LogP contribution in [0.4, 0.5) is 5.13 Å². The summed E-state index contributed by atoms with van der Waals surface area (Å²) in [6.07, 6.45) is 0. The predicted molar refractivity (Wildman–Crippen MR) is 123 cm³/mol. The molecule has 0 bridgehead atoms. The largest absolute Gasteiger partial charge is 0.494 e. The number of amides is 1. The monoisotopic (exact) mass is 483 g/mol. The number of likely N-dealkylation sites (N-methyl/N-ethyl adjacent to an activating group) is 1. The number of methoxy groups -OCH3 is 1. The van der Waals surface area contributed by atoms with Crippen LogP contribution in [-0.4, -0.2) is 50.1 Å². The molecule has 0 radical (unpaired) electrons. The van der Waals surface area contributed by atoms with E-state index in [0.717, 1.165) is 32.5 Å². The van der Waals surface area contributed by atoms with Crippen LogP contribution in [0.5, 0.6) is 5.75 Å². The molecule has 0 saturated carbocycles. The second-order valence-electron chi connectivity index (χ2n) is 6.53. The highest BCUT2D eigenvalue weighted by Gasteiger charge is 2.23. The Bertz CT molecular complexity index is 977. The van der Waals surface area contributed by atoms with Gasteiger partial charge < -0.3 is 9.64 Å². The number of rotatable bonds is 6. The van der Waals surface area contributed by atoms with Gasteiger partial charge in [-0.2, -0.15) is 0 Å². The number of thiazole rings is 1. The van der Waals surface area contributed by atoms with Gasteiger partial charge in [0.15, 0.2) is 5.13 Å². The van der Waals surface area contributed by atoms with Crippen LogP contribution in [0, 0.1) is 6.92 Å². The van der Waals surface area contributed by atoms with Gasteiger partial charge in [-0.25, -0.2) is 4.98 Å². The van der Waals surface area contributed by atoms with E-state index in [1.807, 2.05) is 57.4 Å². The normalized spacial score (nSPS) is 10.8. The molecule has 0 saturated heterocycles. The van der Waals surface area contributed by atoms with Crippen molar-refractivity contribution in [3.63, 3.8) is 0 Å². The van der Waals surface area contributed by atoms with Gasteiger partial charge in [-0.15, -0.1) is 12.4 Å². The third-order valence-electron chi connectivity index (χ3n) is 4.23. The third kappa shape index (κ3) is 4.84. The number of hydrogen-bond acceptors (Lipinski definition) is 5. The number of aromatic nitrogens is 1. The van der Waals surface area contributed by atoms with Crippen LogP contribution in [-0.2, 0) is 0 Å². The zero-order valence-electron chi connectivity index (χ0n) is 16.2. The van der Waals surface area contributed by atoms with Gasteiger partial charge in [0.1, 0.15) is 11.3 Å². The Labute approximate surface area is 183 Å². The number of fused-ring (bicyclic) bond motifs is 1. The van der Waals surface area contributed by atoms with Crippen molar-refractivity contribution >= 4 is 60.9 Å². The van der Waals surface area contributed by atoms with Gasteiger partial charge in [0.2, 0.25) is 0 Å². The Balaban J connectivity index is 0.00000280. The van der Waals surface area contributed by atoms with E-state index in [1.54, 1.807) is 12.0 Å². The van der Waals surface area contributed by atoms with Crippen molar-refractivity contribution in [3.05, 3.63) is 52.0 Å². The molecule has 3 rings (SSSR count). The van der Waals surface area contributed by atoms with Crippen molar-refractivity contribution in [1.29, 1.82) is 0 Å². The topological polar surface area (TPSA) is 45.7 Å². The van der Waals surface area contributed by atoms with Gasteiger partial charge in [0, 0.05) is 23.1 Å². The molecule has 0 aliphatic carbocycles. The van der Waals surface area contributed by atoms with E-state index in [4.69, 9.17) is 9.72 Å². The molecule has 0 atom stereocenters. The number of hydrogen-bond donors (Lipinski definition) is 0. The van der Waals surface area contributed by atoms with Crippen molar-refractivity contribution in [1.82, 2.24) is 9.88 Å². The molecule has 1 aromatic heterocycles. The lowest BCUT2D eigenvalue weighted by Gasteiger charge is -2.22. The minimum Gasteiger partial charge on any atom is -0.494 e. The zero-order chi connectivity index (χ0) is 19.6. The molecule has 28 heavy (non-hydrogen) atoms. The predicted octanol–water partition coefficient (Wildman–Crippen LogP) is 5.01. The fourth-order valence-electron chi connectivity index (χ4n) is 2.74. The van der Waals surface area contributed by atoms with E-state index >= 15 is 0 Å². The maximum absolute atomic E-state index is 13.2. The van der Waals surface area contributed by atoms with Crippen LogP contribution < -0.4 is 9.64 Å². The molecule has 1 heterocycles. The zero-order valence-corrected chi connectivity index (χ0v) is 19.4. The first-order chi connectivity index (χ1) is 12.9. The number of aryl methyl sites for hydroxylation is 1. The van der Waals surface area contributed by atoms with Gasteiger partial charge in [-0.1, -0.05) is 39.4 Å². The Morgan fingerprint density at radius 3 is 2.61 bits per heavy atom. The molecular weight excluding hydrogens is 462 g/mol. The number of ether oxygens (including phenoxy) is 1. The fraction of sp³-hybridized carbons (Fsp3) is 0.300. The molecule has 0 N–H and O–H groups in total. The summed E-state index contributed by atoms with van der Waals surface area (Å²) in [5, 5.41) is 0.685. The molecule has 0 spiro atoms. The third-order valence-corrected chi connectivity index (χ3v) is 5.94. The van der Waals surface area contributed by atoms with Crippen LogP contribution in [0.2, 0.25) is 0 Å². The minimum absolute atomic E-state index is 0. The highest BCUT2D eigenvalue weighted by molar-refractivity contribution is 9.10. The molecule has 5 nitrogen and oxygen atoms in total. The summed E-state index contributed by atoms with van der Waals surface area (Å²) in [5.41, 5.74) is 2.55. The van der Waals surface area contributed by atoms with E-state index in [0.29, 0.717) is 17.2 Å². The number of halogens is 2. The lowest BCUT2D eigenvalue weighted by Crippen LogP contribution is -2.36. The second kappa shape index (κ2) is 9.69. The summed E-state index contributed by atoms with van der Waals surface area (Å²) in [4.78, 5) is 21.8. The maximum Gasteiger partial charge on any atom is 0.260 e. The number of nitrogens with zero attached hydrogens (tertiary/aromatic N) is 3. The summed E-state index contributed by atoms with van der Waals surface area (Å²) < 4.78 is 7.38. The first kappa shape index (κ1) is 22.6. The molecule has 8 heteroatoms. The standard InChI is InChI=1S/C20H22BrN3O2S.ClH/c1-13-8-9-16(26-4)17-18(13)27-20(22-17)24(11-10-23(2)3)19(25)14-6-5-7-15(21)12-14;/h5-9,12H,10-11H2,1-4H3;1H. The van der Waals surface area contributed by atoms with Gasteiger partial charge in [0.25, 0.3) is 5.91 Å². The second-order valence-corrected chi connectivity index (χ2v) is 8.42. The van der Waals surface area contributed by atoms with Crippen LogP contribution in [0.1, 0.15) is 15.9 Å². The molecule has 1 amide bonds. The summed E-state index contributed by atoms with van der Waals surface area (Å²) in [5.74, 6) is 0.661. The molecule has 0 aliphatic heterocycles. The lowest BCUT2D eigenvalue weighted by atomic mass is 10.2. The summed E-state index contributed by atoms with van der Waals surface area (Å²) >= 11 is 4.97. The Kier molecular flexibility index (Phi) is 7.83. The minimum atomic E-state index is -0.0613. The smallest absolute Gasteiger partial charge is 0.260 e. The maximum atomic E-state index is 13.2. The van der Waals surface area contributed by atoms with Crippen molar-refractivity contribution in [3.8, 4) is 5.75 Å². The molecule has 2 aromatic carbocycles. The van der Waals surface area contributed by atoms with Gasteiger partial charge in [0.05, 0.1) is 11.8 Å². The van der Waals surface area contributed by atoms with Crippen molar-refractivity contribution in [2.45, 2.75) is 6.92 Å².